The maximum Gasteiger partial charge on any atom is 0.520 e. The number of piperazine rings is 2. The average Bonchev–Trinajstić information content (AvgIpc) is 3.83. The molecule has 4 aromatic heterocycles. The second-order valence-corrected chi connectivity index (χ2v) is 21.7. The number of aromatic carboxylic acids is 2. The Bertz CT molecular complexity index is 3760. The summed E-state index contributed by atoms with van der Waals surface area (Å²) in [6.45, 7) is 11.3. The predicted molar refractivity (Wildman–Crippen MR) is 269 cm³/mol. The number of benzene rings is 3. The van der Waals surface area contributed by atoms with Crippen molar-refractivity contribution < 1.29 is 59.2 Å². The van der Waals surface area contributed by atoms with Crippen molar-refractivity contribution in [1.82, 2.24) is 14.0 Å². The number of aromatic nitrogens is 2. The zero-order valence-corrected chi connectivity index (χ0v) is 42.4. The zero-order valence-electron chi connectivity index (χ0n) is 40.0. The highest BCUT2D eigenvalue weighted by Gasteiger charge is 2.38. The summed E-state index contributed by atoms with van der Waals surface area (Å²) in [7, 11) is -3.67. The minimum atomic E-state index is -3.67. The molecule has 0 bridgehead atoms. The van der Waals surface area contributed by atoms with Gasteiger partial charge in [0.05, 0.1) is 50.6 Å². The molecule has 3 aromatic carbocycles. The Morgan fingerprint density at radius 2 is 1.23 bits per heavy atom. The lowest BCUT2D eigenvalue weighted by atomic mass is 10.1. The fraction of sp³-hybridized carbons (Fsp3) is 0.333. The maximum atomic E-state index is 15.5. The van der Waals surface area contributed by atoms with Gasteiger partial charge in [-0.15, -0.1) is 0 Å². The van der Waals surface area contributed by atoms with E-state index in [4.69, 9.17) is 22.2 Å². The van der Waals surface area contributed by atoms with E-state index in [2.05, 4.69) is 4.90 Å². The predicted octanol–water partition coefficient (Wildman–Crippen LogP) is 6.20. The first-order valence-corrected chi connectivity index (χ1v) is 26.4. The van der Waals surface area contributed by atoms with Gasteiger partial charge in [0.15, 0.2) is 11.5 Å². The van der Waals surface area contributed by atoms with Gasteiger partial charge in [-0.2, -0.15) is 8.42 Å². The maximum absolute atomic E-state index is 15.5. The number of carbonyl (C=O) groups is 2. The molecule has 4 aliphatic rings. The number of carboxylic acids is 2. The number of halogens is 2. The number of pyridine rings is 2. The number of hydrogen-bond donors (Lipinski definition) is 3. The summed E-state index contributed by atoms with van der Waals surface area (Å²) in [5.41, 5.74) is 0.683. The van der Waals surface area contributed by atoms with Crippen molar-refractivity contribution >= 4 is 84.6 Å². The SMILES string of the molecule is CS(=O)(=O)O.Cc1oc(=O)oc1CN1CCN(c2cc3c(cc2F)c(=O)c(C(=O)O)c2n3C(C)S2)CC1.Cc1oc(=O)oc1N1CCN(c2cc3c(cc2F)c(=O)c(C(=O)O)c2n3C(c3ccccc3)S2)C(C)C1. The largest absolute Gasteiger partial charge is 0.520 e. The summed E-state index contributed by atoms with van der Waals surface area (Å²) in [6.07, 6.45) is 0.715. The van der Waals surface area contributed by atoms with Crippen LogP contribution in [0, 0.1) is 25.5 Å². The van der Waals surface area contributed by atoms with Crippen LogP contribution in [0.1, 0.15) is 68.2 Å². The average molecular weight is 1080 g/mol. The highest BCUT2D eigenvalue weighted by atomic mass is 32.2. The van der Waals surface area contributed by atoms with Gasteiger partial charge in [0.25, 0.3) is 10.1 Å². The summed E-state index contributed by atoms with van der Waals surface area (Å²) >= 11 is 2.62. The molecule has 2 fully saturated rings. The lowest BCUT2D eigenvalue weighted by molar-refractivity contribution is 0.0678. The molecule has 3 N–H and O–H groups in total. The van der Waals surface area contributed by atoms with E-state index in [1.165, 1.54) is 23.5 Å². The molecular weight excluding hydrogens is 1030 g/mol. The van der Waals surface area contributed by atoms with Crippen LogP contribution in [0.2, 0.25) is 0 Å². The molecule has 11 rings (SSSR count). The van der Waals surface area contributed by atoms with Gasteiger partial charge in [0.1, 0.15) is 33.9 Å². The Morgan fingerprint density at radius 1 is 0.703 bits per heavy atom. The van der Waals surface area contributed by atoms with E-state index in [0.717, 1.165) is 17.7 Å². The highest BCUT2D eigenvalue weighted by Crippen LogP contribution is 2.51. The topological polar surface area (TPSA) is 273 Å². The van der Waals surface area contributed by atoms with E-state index >= 15 is 8.78 Å². The molecule has 0 spiro atoms. The Hall–Kier alpha value is -7.13. The van der Waals surface area contributed by atoms with Crippen molar-refractivity contribution in [3.8, 4) is 0 Å². The zero-order chi connectivity index (χ0) is 53.2. The van der Waals surface area contributed by atoms with Gasteiger partial charge in [-0.25, -0.2) is 28.0 Å². The molecule has 390 valence electrons. The molecule has 7 aromatic rings. The van der Waals surface area contributed by atoms with Gasteiger partial charge in [-0.3, -0.25) is 19.0 Å². The van der Waals surface area contributed by atoms with E-state index in [1.54, 1.807) is 30.5 Å². The number of anilines is 3. The monoisotopic (exact) mass is 1080 g/mol. The van der Waals surface area contributed by atoms with Gasteiger partial charge >= 0.3 is 23.6 Å². The molecule has 0 radical (unpaired) electrons. The fourth-order valence-corrected chi connectivity index (χ4v) is 12.0. The second-order valence-electron chi connectivity index (χ2n) is 17.8. The highest BCUT2D eigenvalue weighted by molar-refractivity contribution is 8.00. The van der Waals surface area contributed by atoms with Crippen LogP contribution in [0.25, 0.3) is 21.8 Å². The number of aryl methyl sites for hydroxylation is 2. The third-order valence-corrected chi connectivity index (χ3v) is 15.4. The fourth-order valence-electron chi connectivity index (χ4n) is 9.56. The molecule has 0 aliphatic carbocycles. The summed E-state index contributed by atoms with van der Waals surface area (Å²) in [6, 6.07) is 15.0. The van der Waals surface area contributed by atoms with Gasteiger partial charge in [-0.1, -0.05) is 53.9 Å². The molecule has 21 nitrogen and oxygen atoms in total. The third kappa shape index (κ3) is 9.85. The summed E-state index contributed by atoms with van der Waals surface area (Å²) in [5.74, 6) is -3.58. The molecule has 26 heteroatoms. The molecular formula is C48H46F2N6O15S3. The number of nitrogens with zero attached hydrogens (tertiary/aromatic N) is 6. The first kappa shape index (κ1) is 51.8. The molecule has 2 saturated heterocycles. The molecule has 3 unspecified atom stereocenters. The number of fused-ring (bicyclic) bond motifs is 6. The van der Waals surface area contributed by atoms with E-state index < -0.39 is 56.2 Å². The lowest BCUT2D eigenvalue weighted by Crippen LogP contribution is -2.52. The number of hydrogen-bond acceptors (Lipinski definition) is 18. The summed E-state index contributed by atoms with van der Waals surface area (Å²) < 4.78 is 80.2. The van der Waals surface area contributed by atoms with Crippen molar-refractivity contribution in [1.29, 1.82) is 0 Å². The number of thioether (sulfide) groups is 2. The van der Waals surface area contributed by atoms with Crippen LogP contribution in [-0.4, -0.2) is 107 Å². The van der Waals surface area contributed by atoms with Crippen molar-refractivity contribution in [2.45, 2.75) is 61.1 Å². The van der Waals surface area contributed by atoms with E-state index in [0.29, 0.717) is 114 Å². The minimum absolute atomic E-state index is 0.0331. The smallest absolute Gasteiger partial charge is 0.477 e. The molecule has 8 heterocycles. The van der Waals surface area contributed by atoms with Crippen LogP contribution in [0.3, 0.4) is 0 Å². The van der Waals surface area contributed by atoms with Crippen LogP contribution < -0.4 is 37.2 Å². The Morgan fingerprint density at radius 3 is 1.76 bits per heavy atom. The van der Waals surface area contributed by atoms with Crippen LogP contribution in [0.4, 0.5) is 26.0 Å². The number of rotatable bonds is 8. The van der Waals surface area contributed by atoms with Crippen molar-refractivity contribution in [2.24, 2.45) is 0 Å². The Labute approximate surface area is 425 Å². The number of carboxylic acid groups (broad SMARTS) is 2. The quantitative estimate of drug-likeness (QED) is 0.143. The van der Waals surface area contributed by atoms with E-state index in [1.807, 2.05) is 63.4 Å². The van der Waals surface area contributed by atoms with Gasteiger partial charge in [0, 0.05) is 62.6 Å². The van der Waals surface area contributed by atoms with E-state index in [9.17, 15) is 47.4 Å². The lowest BCUT2D eigenvalue weighted by Gasteiger charge is -2.41. The standard InChI is InChI=1S/C26H22FN3O6S.C21H20FN3O6S.CH4O3S/c1-13-12-28(22-14(2)35-26(34)36-22)8-9-29(13)19-11-18-16(10-17(19)27)21(31)20(25(32)33)24-30(18)23(37-24)15-6-4-3-5-7-15;1-10-16(31-21(29)30-10)9-23-3-5-24(6-4-23)15-8-14-12(7-13(15)22)18(26)17(20(27)28)19-25(14)11(2)32-19;1-5(2,3)4/h3-7,10-11,13,23H,8-9,12H2,1-2H3,(H,32,33);7-8,11H,3-6,9H2,1-2H3,(H,27,28);1H3,(H,2,3,4). The first-order chi connectivity index (χ1) is 35.0. The van der Waals surface area contributed by atoms with E-state index in [-0.39, 0.29) is 38.7 Å². The van der Waals surface area contributed by atoms with Crippen LogP contribution in [0.15, 0.2) is 101 Å². The molecule has 3 atom stereocenters. The van der Waals surface area contributed by atoms with Crippen LogP contribution >= 0.6 is 23.5 Å². The molecule has 0 amide bonds. The summed E-state index contributed by atoms with van der Waals surface area (Å²) in [5, 5.41) is 19.8. The van der Waals surface area contributed by atoms with Crippen molar-refractivity contribution in [3.63, 3.8) is 0 Å². The third-order valence-electron chi connectivity index (χ3n) is 12.9. The molecule has 74 heavy (non-hydrogen) atoms. The second kappa shape index (κ2) is 20.0. The normalized spacial score (nSPS) is 18.4. The van der Waals surface area contributed by atoms with Crippen LogP contribution in [0.5, 0.6) is 0 Å². The van der Waals surface area contributed by atoms with Gasteiger partial charge < -0.3 is 51.7 Å². The Kier molecular flexibility index (Phi) is 14.0. The van der Waals surface area contributed by atoms with Gasteiger partial charge in [0.2, 0.25) is 16.7 Å². The minimum Gasteiger partial charge on any atom is -0.477 e. The molecule has 4 aliphatic heterocycles. The van der Waals surface area contributed by atoms with Crippen molar-refractivity contribution in [3.05, 3.63) is 142 Å². The van der Waals surface area contributed by atoms with Crippen LogP contribution in [-0.2, 0) is 16.7 Å². The molecule has 0 saturated carbocycles. The Balaban J connectivity index is 0.000000168. The first-order valence-electron chi connectivity index (χ1n) is 22.8. The summed E-state index contributed by atoms with van der Waals surface area (Å²) in [4.78, 5) is 79.9. The van der Waals surface area contributed by atoms with Crippen molar-refractivity contribution in [2.75, 3.05) is 66.8 Å². The van der Waals surface area contributed by atoms with Gasteiger partial charge in [-0.05, 0) is 57.5 Å².